The first-order valence-corrected chi connectivity index (χ1v) is 9.72. The van der Waals surface area contributed by atoms with E-state index < -0.39 is 10.1 Å². The zero-order valence-corrected chi connectivity index (χ0v) is 15.1. The molecule has 0 aliphatic carbocycles. The molecule has 0 bridgehead atoms. The van der Waals surface area contributed by atoms with Crippen molar-refractivity contribution in [2.24, 2.45) is 0 Å². The molecule has 128 valence electrons. The highest BCUT2D eigenvalue weighted by atomic mass is 32.2. The van der Waals surface area contributed by atoms with Gasteiger partial charge in [-0.25, -0.2) is 0 Å². The minimum absolute atomic E-state index is 0.104. The molecule has 0 heterocycles. The van der Waals surface area contributed by atoms with Gasteiger partial charge in [0.15, 0.2) is 0 Å². The molecule has 25 heavy (non-hydrogen) atoms. The number of rotatable bonds is 4. The minimum Gasteiger partial charge on any atom is -0.282 e. The quantitative estimate of drug-likeness (QED) is 0.624. The fourth-order valence-corrected chi connectivity index (χ4v) is 3.23. The molecule has 1 N–H and O–H groups in total. The van der Waals surface area contributed by atoms with Gasteiger partial charge in [-0.15, -0.1) is 0 Å². The molecule has 0 atom stereocenters. The first kappa shape index (κ1) is 19.0. The maximum absolute atomic E-state index is 10.6. The molecule has 0 amide bonds. The summed E-state index contributed by atoms with van der Waals surface area (Å²) in [6.45, 7) is 3.51. The summed E-state index contributed by atoms with van der Waals surface area (Å²) in [7, 11) is -4.06. The summed E-state index contributed by atoms with van der Waals surface area (Å²) in [5.41, 5.74) is 0.808. The lowest BCUT2D eigenvalue weighted by molar-refractivity contribution is 0.483. The van der Waals surface area contributed by atoms with Crippen LogP contribution in [0.4, 0.5) is 0 Å². The molecular weight excluding hydrogens is 352 g/mol. The summed E-state index contributed by atoms with van der Waals surface area (Å²) in [4.78, 5) is 2.47. The van der Waals surface area contributed by atoms with E-state index in [2.05, 4.69) is 55.1 Å². The Morgan fingerprint density at radius 1 is 0.760 bits per heavy atom. The molecule has 0 radical (unpaired) electrons. The van der Waals surface area contributed by atoms with Crippen molar-refractivity contribution in [3.63, 3.8) is 0 Å². The van der Waals surface area contributed by atoms with Gasteiger partial charge in [0.1, 0.15) is 0 Å². The molecule has 0 saturated carbocycles. The molecule has 3 aromatic carbocycles. The maximum atomic E-state index is 10.6. The second-order valence-corrected chi connectivity index (χ2v) is 7.54. The van der Waals surface area contributed by atoms with Gasteiger partial charge in [-0.05, 0) is 42.0 Å². The van der Waals surface area contributed by atoms with Crippen LogP contribution in [-0.4, -0.2) is 13.0 Å². The molecule has 0 unspecified atom stereocenters. The zero-order chi connectivity index (χ0) is 18.1. The molecule has 0 aliphatic rings. The van der Waals surface area contributed by atoms with Gasteiger partial charge < -0.3 is 0 Å². The van der Waals surface area contributed by atoms with Crippen LogP contribution in [-0.2, 0) is 10.1 Å². The SMILES string of the molecule is C=Cc1ccc(S(=O)(=O)O)cc1.c1ccc(Sc2ccccc2)cc1. The Balaban J connectivity index is 0.000000181. The van der Waals surface area contributed by atoms with Gasteiger partial charge in [0, 0.05) is 9.79 Å². The molecule has 0 aliphatic heterocycles. The third-order valence-corrected chi connectivity index (χ3v) is 5.02. The van der Waals surface area contributed by atoms with Gasteiger partial charge in [0.05, 0.1) is 4.90 Å². The second kappa shape index (κ2) is 9.22. The van der Waals surface area contributed by atoms with Crippen molar-refractivity contribution in [2.45, 2.75) is 14.7 Å². The Labute approximate surface area is 152 Å². The molecule has 0 fully saturated rings. The van der Waals surface area contributed by atoms with E-state index in [0.29, 0.717) is 0 Å². The summed E-state index contributed by atoms with van der Waals surface area (Å²) < 4.78 is 29.7. The van der Waals surface area contributed by atoms with Crippen LogP contribution in [0, 0.1) is 0 Å². The van der Waals surface area contributed by atoms with Crippen molar-refractivity contribution in [1.82, 2.24) is 0 Å². The topological polar surface area (TPSA) is 54.4 Å². The molecule has 0 aromatic heterocycles. The van der Waals surface area contributed by atoms with Crippen LogP contribution < -0.4 is 0 Å². The highest BCUT2D eigenvalue weighted by Crippen LogP contribution is 2.26. The van der Waals surface area contributed by atoms with Gasteiger partial charge >= 0.3 is 0 Å². The molecule has 3 aromatic rings. The Morgan fingerprint density at radius 3 is 1.56 bits per heavy atom. The van der Waals surface area contributed by atoms with Crippen LogP contribution in [0.25, 0.3) is 6.08 Å². The standard InChI is InChI=1S/C12H10S.C8H8O3S/c1-3-7-11(8-4-1)13-12-9-5-2-6-10-12;1-2-7-3-5-8(6-4-7)12(9,10)11/h1-10H;2-6H,1H2,(H,9,10,11). The van der Waals surface area contributed by atoms with Crippen LogP contribution in [0.15, 0.2) is 106 Å². The molecule has 3 rings (SSSR count). The highest BCUT2D eigenvalue weighted by Gasteiger charge is 2.07. The zero-order valence-electron chi connectivity index (χ0n) is 13.4. The van der Waals surface area contributed by atoms with E-state index in [9.17, 15) is 8.42 Å². The lowest BCUT2D eigenvalue weighted by Gasteiger charge is -1.99. The number of hydrogen-bond donors (Lipinski definition) is 1. The normalized spacial score (nSPS) is 10.4. The first-order valence-electron chi connectivity index (χ1n) is 7.47. The van der Waals surface area contributed by atoms with Gasteiger partial charge in [-0.3, -0.25) is 4.55 Å². The average molecular weight is 370 g/mol. The Bertz CT molecular complexity index is 851. The number of hydrogen-bond acceptors (Lipinski definition) is 3. The van der Waals surface area contributed by atoms with Crippen molar-refractivity contribution in [3.8, 4) is 0 Å². The fraction of sp³-hybridized carbons (Fsp3) is 0. The fourth-order valence-electron chi connectivity index (χ4n) is 1.89. The Morgan fingerprint density at radius 2 is 1.20 bits per heavy atom. The smallest absolute Gasteiger partial charge is 0.282 e. The van der Waals surface area contributed by atoms with Crippen molar-refractivity contribution < 1.29 is 13.0 Å². The molecule has 3 nitrogen and oxygen atoms in total. The van der Waals surface area contributed by atoms with E-state index >= 15 is 0 Å². The molecule has 5 heteroatoms. The van der Waals surface area contributed by atoms with Crippen LogP contribution in [0.1, 0.15) is 5.56 Å². The lowest BCUT2D eigenvalue weighted by Crippen LogP contribution is -1.96. The largest absolute Gasteiger partial charge is 0.294 e. The molecule has 0 saturated heterocycles. The van der Waals surface area contributed by atoms with Gasteiger partial charge in [0.2, 0.25) is 0 Å². The summed E-state index contributed by atoms with van der Waals surface area (Å²) in [5.74, 6) is 0. The Hall–Kier alpha value is -2.34. The van der Waals surface area contributed by atoms with Gasteiger partial charge in [0.25, 0.3) is 10.1 Å². The van der Waals surface area contributed by atoms with E-state index in [1.54, 1.807) is 30.0 Å². The van der Waals surface area contributed by atoms with Crippen LogP contribution in [0.5, 0.6) is 0 Å². The first-order chi connectivity index (χ1) is 12.0. The van der Waals surface area contributed by atoms with Crippen molar-refractivity contribution in [1.29, 1.82) is 0 Å². The molecular formula is C20H18O3S2. The number of benzene rings is 3. The summed E-state index contributed by atoms with van der Waals surface area (Å²) in [6, 6.07) is 26.6. The predicted molar refractivity (Wildman–Crippen MR) is 103 cm³/mol. The third kappa shape index (κ3) is 6.58. The van der Waals surface area contributed by atoms with Crippen LogP contribution >= 0.6 is 11.8 Å². The minimum atomic E-state index is -4.06. The van der Waals surface area contributed by atoms with Crippen molar-refractivity contribution in [3.05, 3.63) is 97.1 Å². The molecule has 0 spiro atoms. The highest BCUT2D eigenvalue weighted by molar-refractivity contribution is 7.99. The van der Waals surface area contributed by atoms with Crippen LogP contribution in [0.2, 0.25) is 0 Å². The maximum Gasteiger partial charge on any atom is 0.294 e. The van der Waals surface area contributed by atoms with E-state index in [1.807, 2.05) is 12.1 Å². The summed E-state index contributed by atoms with van der Waals surface area (Å²) in [6.07, 6.45) is 1.59. The lowest BCUT2D eigenvalue weighted by atomic mass is 10.2. The van der Waals surface area contributed by atoms with E-state index in [-0.39, 0.29) is 4.90 Å². The summed E-state index contributed by atoms with van der Waals surface area (Å²) in [5, 5.41) is 0. The predicted octanol–water partition coefficient (Wildman–Crippen LogP) is 5.41. The van der Waals surface area contributed by atoms with E-state index in [1.165, 1.54) is 21.9 Å². The van der Waals surface area contributed by atoms with Gasteiger partial charge in [-0.2, -0.15) is 8.42 Å². The van der Waals surface area contributed by atoms with Crippen molar-refractivity contribution in [2.75, 3.05) is 0 Å². The van der Waals surface area contributed by atoms with E-state index in [0.717, 1.165) is 5.56 Å². The van der Waals surface area contributed by atoms with E-state index in [4.69, 9.17) is 4.55 Å². The average Bonchev–Trinajstić information content (AvgIpc) is 2.63. The third-order valence-electron chi connectivity index (χ3n) is 3.14. The van der Waals surface area contributed by atoms with Crippen molar-refractivity contribution >= 4 is 28.0 Å². The van der Waals surface area contributed by atoms with Crippen LogP contribution in [0.3, 0.4) is 0 Å². The summed E-state index contributed by atoms with van der Waals surface area (Å²) >= 11 is 1.79. The van der Waals surface area contributed by atoms with Gasteiger partial charge in [-0.1, -0.05) is 72.9 Å². The second-order valence-electron chi connectivity index (χ2n) is 4.98. The monoisotopic (exact) mass is 370 g/mol. The Kier molecular flexibility index (Phi) is 7.01.